The quantitative estimate of drug-likeness (QED) is 0.924. The number of aryl methyl sites for hydroxylation is 2. The van der Waals surface area contributed by atoms with E-state index in [4.69, 9.17) is 5.73 Å². The van der Waals surface area contributed by atoms with E-state index in [9.17, 15) is 0 Å². The van der Waals surface area contributed by atoms with E-state index < -0.39 is 0 Å². The van der Waals surface area contributed by atoms with Crippen LogP contribution in [0, 0.1) is 5.92 Å². The molecule has 0 radical (unpaired) electrons. The molecule has 1 aromatic carbocycles. The van der Waals surface area contributed by atoms with Crippen molar-refractivity contribution >= 4 is 21.7 Å². The van der Waals surface area contributed by atoms with Crippen LogP contribution in [0.25, 0.3) is 11.1 Å². The van der Waals surface area contributed by atoms with Gasteiger partial charge in [0.05, 0.1) is 5.69 Å². The SMILES string of the molecule is CC(C)CCc1nn(C)c(N)c1-c1ccc(Br)cc1. The van der Waals surface area contributed by atoms with Crippen LogP contribution < -0.4 is 5.73 Å². The predicted molar refractivity (Wildman–Crippen MR) is 83.9 cm³/mol. The van der Waals surface area contributed by atoms with E-state index in [0.717, 1.165) is 40.0 Å². The summed E-state index contributed by atoms with van der Waals surface area (Å²) in [6, 6.07) is 8.23. The highest BCUT2D eigenvalue weighted by Gasteiger charge is 2.15. The number of hydrogen-bond donors (Lipinski definition) is 1. The average molecular weight is 322 g/mol. The van der Waals surface area contributed by atoms with Gasteiger partial charge in [-0.25, -0.2) is 0 Å². The van der Waals surface area contributed by atoms with Gasteiger partial charge in [0.15, 0.2) is 0 Å². The lowest BCUT2D eigenvalue weighted by molar-refractivity contribution is 0.577. The van der Waals surface area contributed by atoms with Gasteiger partial charge in [-0.05, 0) is 36.5 Å². The van der Waals surface area contributed by atoms with Gasteiger partial charge in [0, 0.05) is 17.1 Å². The Bertz CT molecular complexity index is 556. The summed E-state index contributed by atoms with van der Waals surface area (Å²) in [4.78, 5) is 0. The molecule has 0 saturated carbocycles. The average Bonchev–Trinajstić information content (AvgIpc) is 2.64. The molecule has 19 heavy (non-hydrogen) atoms. The van der Waals surface area contributed by atoms with Crippen LogP contribution in [-0.2, 0) is 13.5 Å². The Kier molecular flexibility index (Phi) is 4.30. The molecule has 0 saturated heterocycles. The summed E-state index contributed by atoms with van der Waals surface area (Å²) in [6.07, 6.45) is 2.09. The molecule has 4 heteroatoms. The van der Waals surface area contributed by atoms with Crippen molar-refractivity contribution in [1.82, 2.24) is 9.78 Å². The highest BCUT2D eigenvalue weighted by molar-refractivity contribution is 9.10. The predicted octanol–water partition coefficient (Wildman–Crippen LogP) is 4.02. The number of nitrogens with zero attached hydrogens (tertiary/aromatic N) is 2. The van der Waals surface area contributed by atoms with E-state index in [0.29, 0.717) is 5.92 Å². The first kappa shape index (κ1) is 14.1. The van der Waals surface area contributed by atoms with Gasteiger partial charge >= 0.3 is 0 Å². The van der Waals surface area contributed by atoms with Crippen LogP contribution in [0.3, 0.4) is 0 Å². The lowest BCUT2D eigenvalue weighted by atomic mass is 10.00. The first-order valence-electron chi connectivity index (χ1n) is 6.56. The van der Waals surface area contributed by atoms with E-state index in [2.05, 4.69) is 47.0 Å². The summed E-state index contributed by atoms with van der Waals surface area (Å²) in [5, 5.41) is 4.56. The number of benzene rings is 1. The fourth-order valence-electron chi connectivity index (χ4n) is 2.13. The Labute approximate surface area is 122 Å². The van der Waals surface area contributed by atoms with Gasteiger partial charge in [-0.15, -0.1) is 0 Å². The fourth-order valence-corrected chi connectivity index (χ4v) is 2.39. The lowest BCUT2D eigenvalue weighted by Gasteiger charge is -2.06. The zero-order valence-electron chi connectivity index (χ0n) is 11.7. The van der Waals surface area contributed by atoms with Crippen LogP contribution >= 0.6 is 15.9 Å². The topological polar surface area (TPSA) is 43.8 Å². The standard InChI is InChI=1S/C15H20BrN3/c1-10(2)4-9-13-14(15(17)19(3)18-13)11-5-7-12(16)8-6-11/h5-8,10H,4,9,17H2,1-3H3. The molecule has 2 N–H and O–H groups in total. The Balaban J connectivity index is 2.40. The number of anilines is 1. The molecule has 0 aliphatic carbocycles. The number of nitrogen functional groups attached to an aromatic ring is 1. The van der Waals surface area contributed by atoms with Crippen molar-refractivity contribution in [2.24, 2.45) is 13.0 Å². The molecule has 0 unspecified atom stereocenters. The first-order chi connectivity index (χ1) is 8.99. The normalized spacial score (nSPS) is 11.2. The molecule has 1 heterocycles. The van der Waals surface area contributed by atoms with Crippen molar-refractivity contribution in [1.29, 1.82) is 0 Å². The molecule has 0 aliphatic heterocycles. The molecule has 102 valence electrons. The second-order valence-corrected chi connectivity index (χ2v) is 6.19. The highest BCUT2D eigenvalue weighted by atomic mass is 79.9. The number of nitrogens with two attached hydrogens (primary N) is 1. The zero-order chi connectivity index (χ0) is 14.0. The minimum absolute atomic E-state index is 0.668. The largest absolute Gasteiger partial charge is 0.383 e. The minimum atomic E-state index is 0.668. The molecule has 2 aromatic rings. The Morgan fingerprint density at radius 1 is 1.26 bits per heavy atom. The van der Waals surface area contributed by atoms with E-state index in [1.807, 2.05) is 19.2 Å². The van der Waals surface area contributed by atoms with Crippen molar-refractivity contribution in [2.75, 3.05) is 5.73 Å². The Morgan fingerprint density at radius 2 is 1.89 bits per heavy atom. The molecule has 0 aliphatic rings. The van der Waals surface area contributed by atoms with Crippen LogP contribution in [0.4, 0.5) is 5.82 Å². The lowest BCUT2D eigenvalue weighted by Crippen LogP contribution is -1.98. The van der Waals surface area contributed by atoms with Crippen LogP contribution in [0.5, 0.6) is 0 Å². The third-order valence-electron chi connectivity index (χ3n) is 3.26. The summed E-state index contributed by atoms with van der Waals surface area (Å²) in [5.41, 5.74) is 9.47. The first-order valence-corrected chi connectivity index (χ1v) is 7.35. The maximum Gasteiger partial charge on any atom is 0.129 e. The van der Waals surface area contributed by atoms with Crippen molar-refractivity contribution in [3.05, 3.63) is 34.4 Å². The van der Waals surface area contributed by atoms with Gasteiger partial charge in [-0.3, -0.25) is 4.68 Å². The molecule has 0 bridgehead atoms. The van der Waals surface area contributed by atoms with Crippen molar-refractivity contribution < 1.29 is 0 Å². The minimum Gasteiger partial charge on any atom is -0.383 e. The Hall–Kier alpha value is -1.29. The summed E-state index contributed by atoms with van der Waals surface area (Å²) in [7, 11) is 1.90. The number of aromatic nitrogens is 2. The van der Waals surface area contributed by atoms with Gasteiger partial charge < -0.3 is 5.73 Å². The fraction of sp³-hybridized carbons (Fsp3) is 0.400. The second-order valence-electron chi connectivity index (χ2n) is 5.27. The third kappa shape index (κ3) is 3.18. The molecule has 0 amide bonds. The van der Waals surface area contributed by atoms with E-state index in [1.165, 1.54) is 0 Å². The summed E-state index contributed by atoms with van der Waals surface area (Å²) >= 11 is 3.46. The van der Waals surface area contributed by atoms with Crippen LogP contribution in [0.2, 0.25) is 0 Å². The maximum atomic E-state index is 6.17. The van der Waals surface area contributed by atoms with Gasteiger partial charge in [0.1, 0.15) is 5.82 Å². The molecular formula is C15H20BrN3. The summed E-state index contributed by atoms with van der Waals surface area (Å²) in [6.45, 7) is 4.46. The number of hydrogen-bond acceptors (Lipinski definition) is 2. The maximum absolute atomic E-state index is 6.17. The van der Waals surface area contributed by atoms with Gasteiger partial charge in [-0.1, -0.05) is 41.9 Å². The monoisotopic (exact) mass is 321 g/mol. The van der Waals surface area contributed by atoms with E-state index in [1.54, 1.807) is 4.68 Å². The molecule has 1 aromatic heterocycles. The highest BCUT2D eigenvalue weighted by Crippen LogP contribution is 2.31. The van der Waals surface area contributed by atoms with Crippen LogP contribution in [-0.4, -0.2) is 9.78 Å². The third-order valence-corrected chi connectivity index (χ3v) is 3.78. The van der Waals surface area contributed by atoms with Gasteiger partial charge in [-0.2, -0.15) is 5.10 Å². The molecule has 2 rings (SSSR count). The van der Waals surface area contributed by atoms with Crippen LogP contribution in [0.15, 0.2) is 28.7 Å². The van der Waals surface area contributed by atoms with Gasteiger partial charge in [0.25, 0.3) is 0 Å². The van der Waals surface area contributed by atoms with Crippen molar-refractivity contribution in [3.63, 3.8) is 0 Å². The number of rotatable bonds is 4. The van der Waals surface area contributed by atoms with Gasteiger partial charge in [0.2, 0.25) is 0 Å². The Morgan fingerprint density at radius 3 is 2.47 bits per heavy atom. The molecule has 0 fully saturated rings. The smallest absolute Gasteiger partial charge is 0.129 e. The summed E-state index contributed by atoms with van der Waals surface area (Å²) in [5.74, 6) is 1.40. The summed E-state index contributed by atoms with van der Waals surface area (Å²) < 4.78 is 2.84. The van der Waals surface area contributed by atoms with E-state index in [-0.39, 0.29) is 0 Å². The van der Waals surface area contributed by atoms with Crippen molar-refractivity contribution in [2.45, 2.75) is 26.7 Å². The molecule has 3 nitrogen and oxygen atoms in total. The molecule has 0 atom stereocenters. The molecular weight excluding hydrogens is 302 g/mol. The van der Waals surface area contributed by atoms with Crippen molar-refractivity contribution in [3.8, 4) is 11.1 Å². The number of halogens is 1. The van der Waals surface area contributed by atoms with Crippen LogP contribution in [0.1, 0.15) is 26.0 Å². The second kappa shape index (κ2) is 5.78. The van der Waals surface area contributed by atoms with E-state index >= 15 is 0 Å². The zero-order valence-corrected chi connectivity index (χ0v) is 13.2. The molecule has 0 spiro atoms.